The number of rotatable bonds is 9. The first-order valence-electron chi connectivity index (χ1n) is 6.90. The van der Waals surface area contributed by atoms with Crippen LogP contribution in [0.1, 0.15) is 42.5 Å². The predicted molar refractivity (Wildman–Crippen MR) is 81.8 cm³/mol. The molecule has 1 N–H and O–H groups in total. The molecule has 1 aromatic heterocycles. The molecular weight excluding hydrogens is 258 g/mol. The molecule has 1 heterocycles. The highest BCUT2D eigenvalue weighted by molar-refractivity contribution is 7.12. The van der Waals surface area contributed by atoms with Crippen LogP contribution < -0.4 is 5.32 Å². The summed E-state index contributed by atoms with van der Waals surface area (Å²) >= 11 is 1.86. The molecule has 0 radical (unpaired) electrons. The van der Waals surface area contributed by atoms with Crippen molar-refractivity contribution in [1.82, 2.24) is 5.32 Å². The van der Waals surface area contributed by atoms with E-state index in [2.05, 4.69) is 39.1 Å². The Hall–Kier alpha value is -0.420. The highest BCUT2D eigenvalue weighted by Gasteiger charge is 2.15. The van der Waals surface area contributed by atoms with Crippen LogP contribution in [0.2, 0.25) is 0 Å². The average molecular weight is 285 g/mol. The molecule has 0 spiro atoms. The van der Waals surface area contributed by atoms with Gasteiger partial charge in [-0.2, -0.15) is 0 Å². The molecule has 0 saturated carbocycles. The molecule has 1 rings (SSSR count). The molecule has 0 atom stereocenters. The highest BCUT2D eigenvalue weighted by atomic mass is 32.1. The largest absolute Gasteiger partial charge is 0.379 e. The number of nitrogens with one attached hydrogen (secondary N) is 1. The fraction of sp³-hybridized carbons (Fsp3) is 0.733. The van der Waals surface area contributed by atoms with E-state index in [-0.39, 0.29) is 5.60 Å². The topological polar surface area (TPSA) is 30.5 Å². The Bertz CT molecular complexity index is 374. The van der Waals surface area contributed by atoms with E-state index in [1.54, 1.807) is 7.11 Å². The van der Waals surface area contributed by atoms with Crippen LogP contribution in [0, 0.1) is 6.92 Å². The lowest BCUT2D eigenvalue weighted by molar-refractivity contribution is -0.0124. The van der Waals surface area contributed by atoms with Crippen molar-refractivity contribution in [3.8, 4) is 0 Å². The number of aryl methyl sites for hydroxylation is 1. The maximum Gasteiger partial charge on any atom is 0.0727 e. The van der Waals surface area contributed by atoms with Crippen LogP contribution in [0.3, 0.4) is 0 Å². The predicted octanol–water partition coefficient (Wildman–Crippen LogP) is 3.50. The second-order valence-electron chi connectivity index (χ2n) is 5.34. The molecule has 0 fully saturated rings. The van der Waals surface area contributed by atoms with Crippen LogP contribution in [-0.2, 0) is 22.6 Å². The van der Waals surface area contributed by atoms with Gasteiger partial charge in [-0.05, 0) is 45.4 Å². The Labute approximate surface area is 121 Å². The third-order valence-corrected chi connectivity index (χ3v) is 4.37. The summed E-state index contributed by atoms with van der Waals surface area (Å²) < 4.78 is 11.1. The van der Waals surface area contributed by atoms with Crippen LogP contribution >= 0.6 is 11.3 Å². The van der Waals surface area contributed by atoms with E-state index in [0.717, 1.165) is 26.1 Å². The zero-order chi connectivity index (χ0) is 14.3. The number of ether oxygens (including phenoxy) is 2. The maximum atomic E-state index is 5.76. The Kier molecular flexibility index (Phi) is 7.00. The van der Waals surface area contributed by atoms with Crippen LogP contribution in [0.25, 0.3) is 0 Å². The van der Waals surface area contributed by atoms with E-state index in [1.165, 1.54) is 15.3 Å². The second-order valence-corrected chi connectivity index (χ2v) is 6.68. The van der Waals surface area contributed by atoms with Gasteiger partial charge in [0.15, 0.2) is 0 Å². The Morgan fingerprint density at radius 1 is 1.37 bits per heavy atom. The van der Waals surface area contributed by atoms with Gasteiger partial charge >= 0.3 is 0 Å². The molecule has 4 heteroatoms. The monoisotopic (exact) mass is 285 g/mol. The number of thiophene rings is 1. The van der Waals surface area contributed by atoms with Gasteiger partial charge < -0.3 is 14.8 Å². The molecule has 0 saturated heterocycles. The zero-order valence-corrected chi connectivity index (χ0v) is 13.7. The first-order chi connectivity index (χ1) is 8.98. The van der Waals surface area contributed by atoms with Crippen LogP contribution in [0.15, 0.2) is 6.07 Å². The van der Waals surface area contributed by atoms with Gasteiger partial charge in [0.1, 0.15) is 0 Å². The molecule has 19 heavy (non-hydrogen) atoms. The van der Waals surface area contributed by atoms with Crippen molar-refractivity contribution in [2.45, 2.75) is 52.9 Å². The molecule has 0 bridgehead atoms. The molecule has 3 nitrogen and oxygen atoms in total. The van der Waals surface area contributed by atoms with Gasteiger partial charge in [-0.1, -0.05) is 6.92 Å². The van der Waals surface area contributed by atoms with Gasteiger partial charge in [-0.15, -0.1) is 11.3 Å². The van der Waals surface area contributed by atoms with Gasteiger partial charge in [0.05, 0.1) is 12.2 Å². The highest BCUT2D eigenvalue weighted by Crippen LogP contribution is 2.22. The van der Waals surface area contributed by atoms with E-state index >= 15 is 0 Å². The summed E-state index contributed by atoms with van der Waals surface area (Å²) in [5.41, 5.74) is 1.22. The van der Waals surface area contributed by atoms with Crippen LogP contribution in [-0.4, -0.2) is 25.9 Å². The Morgan fingerprint density at radius 3 is 2.74 bits per heavy atom. The summed E-state index contributed by atoms with van der Waals surface area (Å²) in [6, 6.07) is 2.25. The van der Waals surface area contributed by atoms with Gasteiger partial charge in [-0.3, -0.25) is 0 Å². The van der Waals surface area contributed by atoms with Crippen molar-refractivity contribution >= 4 is 11.3 Å². The van der Waals surface area contributed by atoms with E-state index < -0.39 is 0 Å². The zero-order valence-electron chi connectivity index (χ0n) is 12.8. The van der Waals surface area contributed by atoms with Crippen molar-refractivity contribution in [2.24, 2.45) is 0 Å². The Balaban J connectivity index is 2.35. The lowest BCUT2D eigenvalue weighted by atomic mass is 10.1. The molecular formula is C15H27NO2S. The van der Waals surface area contributed by atoms with E-state index in [1.807, 2.05) is 11.3 Å². The molecule has 0 amide bonds. The first-order valence-corrected chi connectivity index (χ1v) is 7.72. The smallest absolute Gasteiger partial charge is 0.0727 e. The number of hydrogen-bond acceptors (Lipinski definition) is 4. The minimum Gasteiger partial charge on any atom is -0.379 e. The molecule has 0 aliphatic carbocycles. The van der Waals surface area contributed by atoms with E-state index in [0.29, 0.717) is 6.61 Å². The second kappa shape index (κ2) is 8.00. The fourth-order valence-corrected chi connectivity index (χ4v) is 2.69. The summed E-state index contributed by atoms with van der Waals surface area (Å²) in [5, 5.41) is 3.35. The maximum absolute atomic E-state index is 5.76. The van der Waals surface area contributed by atoms with Crippen LogP contribution in [0.4, 0.5) is 0 Å². The van der Waals surface area contributed by atoms with Crippen molar-refractivity contribution in [3.05, 3.63) is 21.4 Å². The standard InChI is InChI=1S/C15H27NO2S/c1-6-16-10-14-9-13(12(2)19-14)11-18-8-7-15(3,4)17-5/h9,16H,6-8,10-11H2,1-5H3. The summed E-state index contributed by atoms with van der Waals surface area (Å²) in [7, 11) is 1.75. The lowest BCUT2D eigenvalue weighted by Crippen LogP contribution is -2.24. The van der Waals surface area contributed by atoms with Crippen molar-refractivity contribution in [1.29, 1.82) is 0 Å². The van der Waals surface area contributed by atoms with Crippen LogP contribution in [0.5, 0.6) is 0 Å². The first kappa shape index (κ1) is 16.6. The molecule has 1 aromatic rings. The molecule has 110 valence electrons. The summed E-state index contributed by atoms with van der Waals surface area (Å²) in [6.45, 7) is 11.9. The van der Waals surface area contributed by atoms with Gasteiger partial charge in [0.2, 0.25) is 0 Å². The van der Waals surface area contributed by atoms with E-state index in [4.69, 9.17) is 9.47 Å². The third-order valence-electron chi connectivity index (χ3n) is 3.28. The average Bonchev–Trinajstić information content (AvgIpc) is 2.73. The number of methoxy groups -OCH3 is 1. The van der Waals surface area contributed by atoms with Gasteiger partial charge in [-0.25, -0.2) is 0 Å². The normalized spacial score (nSPS) is 12.1. The minimum absolute atomic E-state index is 0.0973. The SMILES string of the molecule is CCNCc1cc(COCCC(C)(C)OC)c(C)s1. The van der Waals surface area contributed by atoms with Crippen molar-refractivity contribution in [2.75, 3.05) is 20.3 Å². The third kappa shape index (κ3) is 6.04. The molecule has 0 aliphatic rings. The molecule has 0 aromatic carbocycles. The minimum atomic E-state index is -0.0973. The van der Waals surface area contributed by atoms with Gasteiger partial charge in [0, 0.05) is 30.0 Å². The summed E-state index contributed by atoms with van der Waals surface area (Å²) in [5.74, 6) is 0. The molecule has 0 unspecified atom stereocenters. The Morgan fingerprint density at radius 2 is 2.11 bits per heavy atom. The van der Waals surface area contributed by atoms with Gasteiger partial charge in [0.25, 0.3) is 0 Å². The quantitative estimate of drug-likeness (QED) is 0.704. The van der Waals surface area contributed by atoms with Crippen molar-refractivity contribution in [3.63, 3.8) is 0 Å². The summed E-state index contributed by atoms with van der Waals surface area (Å²) in [4.78, 5) is 2.74. The van der Waals surface area contributed by atoms with E-state index in [9.17, 15) is 0 Å². The molecule has 0 aliphatic heterocycles. The lowest BCUT2D eigenvalue weighted by Gasteiger charge is -2.22. The fourth-order valence-electron chi connectivity index (χ4n) is 1.67. The number of hydrogen-bond donors (Lipinski definition) is 1. The van der Waals surface area contributed by atoms with Crippen molar-refractivity contribution < 1.29 is 9.47 Å². The summed E-state index contributed by atoms with van der Waals surface area (Å²) in [6.07, 6.45) is 0.914.